The summed E-state index contributed by atoms with van der Waals surface area (Å²) in [5, 5.41) is 10.6. The van der Waals surface area contributed by atoms with Gasteiger partial charge in [-0.25, -0.2) is 19.0 Å². The molecule has 2 N–H and O–H groups in total. The van der Waals surface area contributed by atoms with Crippen LogP contribution in [0.25, 0.3) is 5.82 Å². The summed E-state index contributed by atoms with van der Waals surface area (Å²) in [6, 6.07) is 12.6. The fourth-order valence-corrected chi connectivity index (χ4v) is 2.62. The summed E-state index contributed by atoms with van der Waals surface area (Å²) in [6.45, 7) is 3.87. The Bertz CT molecular complexity index is 882. The van der Waals surface area contributed by atoms with E-state index < -0.39 is 0 Å². The molecule has 3 rings (SSSR count). The van der Waals surface area contributed by atoms with E-state index in [1.165, 1.54) is 6.07 Å². The molecule has 28 heavy (non-hydrogen) atoms. The van der Waals surface area contributed by atoms with E-state index in [9.17, 15) is 4.39 Å². The molecule has 0 saturated carbocycles. The topological polar surface area (TPSA) is 67.1 Å². The number of hydrogen-bond acceptors (Lipinski definition) is 3. The molecule has 0 unspecified atom stereocenters. The highest BCUT2D eigenvalue weighted by Gasteiger charge is 2.03. The minimum Gasteiger partial charge on any atom is -0.357 e. The summed E-state index contributed by atoms with van der Waals surface area (Å²) >= 11 is 0. The minimum atomic E-state index is -0.177. The standard InChI is InChI=1S/C20H23FN6.HI/c1-2-22-20(24-12-9-17-6-3-4-7-18(17)21)25-15-16-8-11-23-19(14-16)27-13-5-10-26-27;/h3-8,10-11,13-14H,2,9,12,15H2,1H3,(H2,22,24,25);1H. The average molecular weight is 494 g/mol. The highest BCUT2D eigenvalue weighted by atomic mass is 127. The van der Waals surface area contributed by atoms with E-state index >= 15 is 0 Å². The molecule has 0 aliphatic rings. The highest BCUT2D eigenvalue weighted by molar-refractivity contribution is 14.0. The molecule has 0 spiro atoms. The molecular weight excluding hydrogens is 470 g/mol. The van der Waals surface area contributed by atoms with Gasteiger partial charge in [-0.2, -0.15) is 5.10 Å². The van der Waals surface area contributed by atoms with Crippen molar-refractivity contribution in [1.29, 1.82) is 0 Å². The van der Waals surface area contributed by atoms with Gasteiger partial charge in [-0.05, 0) is 48.7 Å². The van der Waals surface area contributed by atoms with E-state index in [4.69, 9.17) is 0 Å². The quantitative estimate of drug-likeness (QED) is 0.301. The van der Waals surface area contributed by atoms with E-state index in [1.807, 2.05) is 37.4 Å². The zero-order valence-corrected chi connectivity index (χ0v) is 18.0. The lowest BCUT2D eigenvalue weighted by Gasteiger charge is -2.12. The van der Waals surface area contributed by atoms with Crippen LogP contribution in [0.15, 0.2) is 66.0 Å². The molecule has 0 amide bonds. The molecule has 0 bridgehead atoms. The van der Waals surface area contributed by atoms with Gasteiger partial charge in [0, 0.05) is 31.7 Å². The second-order valence-electron chi connectivity index (χ2n) is 5.94. The van der Waals surface area contributed by atoms with Crippen molar-refractivity contribution < 1.29 is 4.39 Å². The van der Waals surface area contributed by atoms with Crippen LogP contribution in [-0.4, -0.2) is 33.8 Å². The van der Waals surface area contributed by atoms with Gasteiger partial charge in [0.1, 0.15) is 5.82 Å². The predicted octanol–water partition coefficient (Wildman–Crippen LogP) is 3.32. The third-order valence-electron chi connectivity index (χ3n) is 3.96. The van der Waals surface area contributed by atoms with Crippen LogP contribution in [0.1, 0.15) is 18.1 Å². The largest absolute Gasteiger partial charge is 0.357 e. The number of aromatic nitrogens is 3. The van der Waals surface area contributed by atoms with E-state index in [0.717, 1.165) is 17.9 Å². The molecule has 1 aromatic carbocycles. The number of nitrogens with one attached hydrogen (secondary N) is 2. The van der Waals surface area contributed by atoms with E-state index in [1.54, 1.807) is 29.2 Å². The normalized spacial score (nSPS) is 11.0. The van der Waals surface area contributed by atoms with E-state index in [0.29, 0.717) is 31.0 Å². The van der Waals surface area contributed by atoms with Crippen LogP contribution in [0, 0.1) is 5.82 Å². The van der Waals surface area contributed by atoms with Crippen molar-refractivity contribution in [3.63, 3.8) is 0 Å². The molecule has 0 aliphatic heterocycles. The monoisotopic (exact) mass is 494 g/mol. The van der Waals surface area contributed by atoms with Crippen LogP contribution in [0.5, 0.6) is 0 Å². The maximum Gasteiger partial charge on any atom is 0.191 e. The summed E-state index contributed by atoms with van der Waals surface area (Å²) in [7, 11) is 0. The van der Waals surface area contributed by atoms with Crippen LogP contribution in [0.2, 0.25) is 0 Å². The third-order valence-corrected chi connectivity index (χ3v) is 3.96. The minimum absolute atomic E-state index is 0. The van der Waals surface area contributed by atoms with Crippen molar-refractivity contribution in [1.82, 2.24) is 25.4 Å². The lowest BCUT2D eigenvalue weighted by molar-refractivity contribution is 0.606. The van der Waals surface area contributed by atoms with E-state index in [-0.39, 0.29) is 29.8 Å². The molecule has 0 radical (unpaired) electrons. The Kier molecular flexibility index (Phi) is 8.86. The first-order chi connectivity index (χ1) is 13.3. The summed E-state index contributed by atoms with van der Waals surface area (Å²) in [5.41, 5.74) is 1.72. The van der Waals surface area contributed by atoms with Gasteiger partial charge in [0.25, 0.3) is 0 Å². The number of guanidine groups is 1. The summed E-state index contributed by atoms with van der Waals surface area (Å²) in [6.07, 6.45) is 5.91. The van der Waals surface area contributed by atoms with Crippen molar-refractivity contribution in [3.05, 3.63) is 78.0 Å². The number of pyridine rings is 1. The van der Waals surface area contributed by atoms with Crippen LogP contribution in [0.4, 0.5) is 4.39 Å². The maximum atomic E-state index is 13.7. The molecule has 2 heterocycles. The number of nitrogens with zero attached hydrogens (tertiary/aromatic N) is 4. The van der Waals surface area contributed by atoms with Crippen molar-refractivity contribution in [3.8, 4) is 5.82 Å². The SMILES string of the molecule is CCNC(=NCc1ccnc(-n2cccn2)c1)NCCc1ccccc1F.I. The lowest BCUT2D eigenvalue weighted by atomic mass is 10.1. The second kappa shape index (κ2) is 11.4. The first kappa shape index (κ1) is 21.8. The summed E-state index contributed by atoms with van der Waals surface area (Å²) in [4.78, 5) is 8.92. The Morgan fingerprint density at radius 3 is 2.75 bits per heavy atom. The zero-order chi connectivity index (χ0) is 18.9. The van der Waals surface area contributed by atoms with Gasteiger partial charge in [0.05, 0.1) is 6.54 Å². The van der Waals surface area contributed by atoms with Crippen molar-refractivity contribution >= 4 is 29.9 Å². The fourth-order valence-electron chi connectivity index (χ4n) is 2.62. The van der Waals surface area contributed by atoms with Gasteiger partial charge in [-0.1, -0.05) is 18.2 Å². The Morgan fingerprint density at radius 1 is 1.14 bits per heavy atom. The van der Waals surface area contributed by atoms with Crippen molar-refractivity contribution in [2.75, 3.05) is 13.1 Å². The summed E-state index contributed by atoms with van der Waals surface area (Å²) < 4.78 is 15.4. The van der Waals surface area contributed by atoms with Crippen molar-refractivity contribution in [2.24, 2.45) is 4.99 Å². The average Bonchev–Trinajstić information content (AvgIpc) is 3.23. The number of hydrogen-bond donors (Lipinski definition) is 2. The number of aliphatic imine (C=N–C) groups is 1. The van der Waals surface area contributed by atoms with E-state index in [2.05, 4.69) is 25.7 Å². The maximum absolute atomic E-state index is 13.7. The Balaban J connectivity index is 0.00000280. The second-order valence-corrected chi connectivity index (χ2v) is 5.94. The number of rotatable bonds is 7. The van der Waals surface area contributed by atoms with Crippen LogP contribution in [0.3, 0.4) is 0 Å². The molecular formula is C20H24FIN6. The number of benzene rings is 1. The van der Waals surface area contributed by atoms with Gasteiger partial charge in [0.2, 0.25) is 0 Å². The van der Waals surface area contributed by atoms with Crippen LogP contribution < -0.4 is 10.6 Å². The third kappa shape index (κ3) is 6.29. The van der Waals surface area contributed by atoms with Crippen LogP contribution in [-0.2, 0) is 13.0 Å². The Labute approximate surface area is 181 Å². The molecule has 3 aromatic rings. The molecule has 6 nitrogen and oxygen atoms in total. The molecule has 0 aliphatic carbocycles. The molecule has 0 fully saturated rings. The molecule has 2 aromatic heterocycles. The first-order valence-corrected chi connectivity index (χ1v) is 8.97. The Morgan fingerprint density at radius 2 is 2.00 bits per heavy atom. The summed E-state index contributed by atoms with van der Waals surface area (Å²) in [5.74, 6) is 1.28. The van der Waals surface area contributed by atoms with Gasteiger partial charge in [0.15, 0.2) is 11.8 Å². The van der Waals surface area contributed by atoms with Crippen LogP contribution >= 0.6 is 24.0 Å². The van der Waals surface area contributed by atoms with Gasteiger partial charge in [-0.3, -0.25) is 0 Å². The zero-order valence-electron chi connectivity index (χ0n) is 15.7. The Hall–Kier alpha value is -2.49. The number of halogens is 2. The fraction of sp³-hybridized carbons (Fsp3) is 0.250. The smallest absolute Gasteiger partial charge is 0.191 e. The van der Waals surface area contributed by atoms with Gasteiger partial charge in [-0.15, -0.1) is 24.0 Å². The molecule has 148 valence electrons. The molecule has 0 saturated heterocycles. The van der Waals surface area contributed by atoms with Gasteiger partial charge >= 0.3 is 0 Å². The van der Waals surface area contributed by atoms with Gasteiger partial charge < -0.3 is 10.6 Å². The highest BCUT2D eigenvalue weighted by Crippen LogP contribution is 2.08. The lowest BCUT2D eigenvalue weighted by Crippen LogP contribution is -2.38. The molecule has 8 heteroatoms. The molecule has 0 atom stereocenters. The predicted molar refractivity (Wildman–Crippen MR) is 120 cm³/mol. The van der Waals surface area contributed by atoms with Crippen molar-refractivity contribution in [2.45, 2.75) is 19.9 Å². The first-order valence-electron chi connectivity index (χ1n) is 8.97.